The van der Waals surface area contributed by atoms with Crippen molar-refractivity contribution in [3.8, 4) is 0 Å². The fourth-order valence-corrected chi connectivity index (χ4v) is 2.37. The van der Waals surface area contributed by atoms with Crippen molar-refractivity contribution in [1.29, 1.82) is 0 Å². The Hall–Kier alpha value is -2.34. The number of carbonyl (C=O) groups excluding carboxylic acids is 1. The molecule has 23 heavy (non-hydrogen) atoms. The van der Waals surface area contributed by atoms with E-state index in [1.807, 2.05) is 0 Å². The second kappa shape index (κ2) is 5.70. The van der Waals surface area contributed by atoms with Crippen LogP contribution in [-0.4, -0.2) is 11.6 Å². The van der Waals surface area contributed by atoms with Crippen LogP contribution in [0.25, 0.3) is 0 Å². The van der Waals surface area contributed by atoms with Crippen molar-refractivity contribution in [2.45, 2.75) is 12.6 Å². The molecule has 1 heterocycles. The highest BCUT2D eigenvalue weighted by Gasteiger charge is 2.32. The largest absolute Gasteiger partial charge is 0.416 e. The maximum absolute atomic E-state index is 12.8. The second-order valence-electron chi connectivity index (χ2n) is 4.98. The zero-order valence-corrected chi connectivity index (χ0v) is 12.4. The molecule has 2 aromatic carbocycles. The molecule has 1 aliphatic heterocycles. The third-order valence-electron chi connectivity index (χ3n) is 3.37. The number of anilines is 1. The number of benzene rings is 2. The molecule has 0 spiro atoms. The van der Waals surface area contributed by atoms with Crippen LogP contribution in [0, 0.1) is 0 Å². The molecule has 0 aliphatic carbocycles. The molecular weight excluding hydrogens is 329 g/mol. The Balaban J connectivity index is 1.94. The van der Waals surface area contributed by atoms with Crippen molar-refractivity contribution in [3.63, 3.8) is 0 Å². The first kappa shape index (κ1) is 15.6. The van der Waals surface area contributed by atoms with Crippen LogP contribution in [0.1, 0.15) is 17.5 Å². The van der Waals surface area contributed by atoms with Gasteiger partial charge in [0.25, 0.3) is 5.91 Å². The highest BCUT2D eigenvalue weighted by atomic mass is 35.5. The van der Waals surface area contributed by atoms with E-state index < -0.39 is 11.7 Å². The van der Waals surface area contributed by atoms with E-state index in [1.54, 1.807) is 24.3 Å². The zero-order chi connectivity index (χ0) is 16.6. The van der Waals surface area contributed by atoms with Gasteiger partial charge in [-0.15, -0.1) is 0 Å². The molecule has 1 aliphatic rings. The van der Waals surface area contributed by atoms with Gasteiger partial charge in [-0.25, -0.2) is 5.01 Å². The van der Waals surface area contributed by atoms with Crippen LogP contribution in [0.4, 0.5) is 18.9 Å². The lowest BCUT2D eigenvalue weighted by Gasteiger charge is -2.14. The summed E-state index contributed by atoms with van der Waals surface area (Å²) < 4.78 is 38.3. The van der Waals surface area contributed by atoms with E-state index in [-0.39, 0.29) is 18.0 Å². The minimum absolute atomic E-state index is 0.0257. The van der Waals surface area contributed by atoms with Crippen molar-refractivity contribution in [3.05, 3.63) is 64.7 Å². The van der Waals surface area contributed by atoms with Crippen molar-refractivity contribution in [2.75, 3.05) is 5.01 Å². The number of rotatable bonds is 2. The molecule has 0 atom stereocenters. The minimum Gasteiger partial charge on any atom is -0.272 e. The van der Waals surface area contributed by atoms with E-state index in [9.17, 15) is 18.0 Å². The molecule has 0 fully saturated rings. The van der Waals surface area contributed by atoms with Gasteiger partial charge in [-0.05, 0) is 35.9 Å². The normalized spacial score (nSPS) is 15.0. The smallest absolute Gasteiger partial charge is 0.272 e. The Morgan fingerprint density at radius 3 is 2.43 bits per heavy atom. The first-order chi connectivity index (χ1) is 10.8. The van der Waals surface area contributed by atoms with Gasteiger partial charge in [0, 0.05) is 5.02 Å². The molecule has 0 N–H and O–H groups in total. The molecule has 0 aromatic heterocycles. The van der Waals surface area contributed by atoms with Gasteiger partial charge < -0.3 is 0 Å². The summed E-state index contributed by atoms with van der Waals surface area (Å²) >= 11 is 5.81. The molecule has 0 saturated heterocycles. The molecule has 1 amide bonds. The lowest BCUT2D eigenvalue weighted by atomic mass is 10.1. The predicted molar refractivity (Wildman–Crippen MR) is 81.5 cm³/mol. The van der Waals surface area contributed by atoms with Crippen LogP contribution in [0.3, 0.4) is 0 Å². The van der Waals surface area contributed by atoms with Gasteiger partial charge in [0.2, 0.25) is 0 Å². The Morgan fingerprint density at radius 1 is 1.09 bits per heavy atom. The lowest BCUT2D eigenvalue weighted by molar-refractivity contribution is -0.137. The third-order valence-corrected chi connectivity index (χ3v) is 3.62. The van der Waals surface area contributed by atoms with Gasteiger partial charge >= 0.3 is 6.18 Å². The predicted octanol–water partition coefficient (Wildman–Crippen LogP) is 4.50. The quantitative estimate of drug-likeness (QED) is 0.793. The topological polar surface area (TPSA) is 32.7 Å². The number of nitrogens with zero attached hydrogens (tertiary/aromatic N) is 2. The van der Waals surface area contributed by atoms with E-state index in [0.29, 0.717) is 16.3 Å². The number of hydrazone groups is 1. The van der Waals surface area contributed by atoms with E-state index in [1.165, 1.54) is 12.1 Å². The standard InChI is InChI=1S/C16H10ClF3N2O/c17-12-6-4-10(5-7-12)14-9-15(23)22(21-14)13-3-1-2-11(8-13)16(18,19)20/h1-8H,9H2. The summed E-state index contributed by atoms with van der Waals surface area (Å²) in [6.07, 6.45) is -4.45. The van der Waals surface area contributed by atoms with E-state index in [2.05, 4.69) is 5.10 Å². The molecule has 0 saturated carbocycles. The number of halogens is 4. The molecule has 0 bridgehead atoms. The Bertz CT molecular complexity index is 785. The SMILES string of the molecule is O=C1CC(c2ccc(Cl)cc2)=NN1c1cccc(C(F)(F)F)c1. The van der Waals surface area contributed by atoms with Gasteiger partial charge in [0.05, 0.1) is 23.4 Å². The first-order valence-corrected chi connectivity index (χ1v) is 7.06. The van der Waals surface area contributed by atoms with Crippen molar-refractivity contribution in [2.24, 2.45) is 5.10 Å². The Labute approximate surface area is 135 Å². The maximum Gasteiger partial charge on any atom is 0.416 e. The van der Waals surface area contributed by atoms with Crippen molar-refractivity contribution < 1.29 is 18.0 Å². The van der Waals surface area contributed by atoms with Crippen LogP contribution in [0.2, 0.25) is 5.02 Å². The second-order valence-corrected chi connectivity index (χ2v) is 5.42. The summed E-state index contributed by atoms with van der Waals surface area (Å²) in [5.41, 5.74) is 0.466. The van der Waals surface area contributed by atoms with Gasteiger partial charge in [0.15, 0.2) is 0 Å². The molecule has 3 rings (SSSR count). The fraction of sp³-hybridized carbons (Fsp3) is 0.125. The van der Waals surface area contributed by atoms with E-state index in [0.717, 1.165) is 17.1 Å². The first-order valence-electron chi connectivity index (χ1n) is 6.68. The number of amides is 1. The van der Waals surface area contributed by atoms with Crippen LogP contribution < -0.4 is 5.01 Å². The number of hydrogen-bond acceptors (Lipinski definition) is 2. The van der Waals surface area contributed by atoms with Gasteiger partial charge in [-0.1, -0.05) is 29.8 Å². The Morgan fingerprint density at radius 2 is 1.78 bits per heavy atom. The highest BCUT2D eigenvalue weighted by Crippen LogP contribution is 2.33. The van der Waals surface area contributed by atoms with Gasteiger partial charge in [0.1, 0.15) is 0 Å². The van der Waals surface area contributed by atoms with Crippen LogP contribution >= 0.6 is 11.6 Å². The molecular formula is C16H10ClF3N2O. The molecule has 7 heteroatoms. The molecule has 0 radical (unpaired) electrons. The minimum atomic E-state index is -4.47. The summed E-state index contributed by atoms with van der Waals surface area (Å²) in [4.78, 5) is 12.1. The highest BCUT2D eigenvalue weighted by molar-refractivity contribution is 6.30. The molecule has 3 nitrogen and oxygen atoms in total. The monoisotopic (exact) mass is 338 g/mol. The maximum atomic E-state index is 12.8. The lowest BCUT2D eigenvalue weighted by Crippen LogP contribution is -2.20. The molecule has 118 valence electrons. The van der Waals surface area contributed by atoms with Crippen LogP contribution in [0.5, 0.6) is 0 Å². The van der Waals surface area contributed by atoms with Crippen molar-refractivity contribution >= 4 is 28.9 Å². The average molecular weight is 339 g/mol. The summed E-state index contributed by atoms with van der Waals surface area (Å²) in [5.74, 6) is -0.380. The molecule has 0 unspecified atom stereocenters. The number of carbonyl (C=O) groups is 1. The van der Waals surface area contributed by atoms with Crippen LogP contribution in [0.15, 0.2) is 53.6 Å². The fourth-order valence-electron chi connectivity index (χ4n) is 2.25. The average Bonchev–Trinajstić information content (AvgIpc) is 2.89. The van der Waals surface area contributed by atoms with Crippen LogP contribution in [-0.2, 0) is 11.0 Å². The van der Waals surface area contributed by atoms with E-state index in [4.69, 9.17) is 11.6 Å². The van der Waals surface area contributed by atoms with Gasteiger partial charge in [-0.2, -0.15) is 18.3 Å². The Kier molecular flexibility index (Phi) is 3.85. The summed E-state index contributed by atoms with van der Waals surface area (Å²) in [6.45, 7) is 0. The van der Waals surface area contributed by atoms with Crippen molar-refractivity contribution in [1.82, 2.24) is 0 Å². The third kappa shape index (κ3) is 3.22. The van der Waals surface area contributed by atoms with E-state index >= 15 is 0 Å². The van der Waals surface area contributed by atoms with Gasteiger partial charge in [-0.3, -0.25) is 4.79 Å². The number of hydrogen-bond donors (Lipinski definition) is 0. The summed E-state index contributed by atoms with van der Waals surface area (Å²) in [7, 11) is 0. The number of alkyl halides is 3. The summed E-state index contributed by atoms with van der Waals surface area (Å²) in [6, 6.07) is 11.3. The zero-order valence-electron chi connectivity index (χ0n) is 11.6. The molecule has 2 aromatic rings. The summed E-state index contributed by atoms with van der Waals surface area (Å²) in [5, 5.41) is 5.70.